The van der Waals surface area contributed by atoms with E-state index in [1.54, 1.807) is 0 Å². The Kier molecular flexibility index (Phi) is 3.58. The first-order valence-corrected chi connectivity index (χ1v) is 9.08. The van der Waals surface area contributed by atoms with Crippen LogP contribution in [0.15, 0.2) is 0 Å². The van der Waals surface area contributed by atoms with E-state index in [4.69, 9.17) is 4.74 Å². The number of esters is 1. The number of aliphatic hydroxyl groups excluding tert-OH is 1. The molecule has 23 heavy (non-hydrogen) atoms. The van der Waals surface area contributed by atoms with Gasteiger partial charge in [0.2, 0.25) is 0 Å². The Labute approximate surface area is 137 Å². The first kappa shape index (κ1) is 15.6. The minimum Gasteiger partial charge on any atom is -0.462 e. The summed E-state index contributed by atoms with van der Waals surface area (Å²) in [6, 6.07) is 0. The summed E-state index contributed by atoms with van der Waals surface area (Å²) in [7, 11) is 0. The van der Waals surface area contributed by atoms with Crippen LogP contribution in [-0.4, -0.2) is 52.6 Å². The zero-order valence-corrected chi connectivity index (χ0v) is 14.0. The number of ether oxygens (including phenoxy) is 1. The van der Waals surface area contributed by atoms with Gasteiger partial charge in [0.15, 0.2) is 0 Å². The van der Waals surface area contributed by atoms with Gasteiger partial charge in [0.25, 0.3) is 0 Å². The van der Waals surface area contributed by atoms with Crippen molar-refractivity contribution in [2.75, 3.05) is 13.1 Å². The summed E-state index contributed by atoms with van der Waals surface area (Å²) in [4.78, 5) is 26.9. The van der Waals surface area contributed by atoms with Gasteiger partial charge in [-0.15, -0.1) is 0 Å². The summed E-state index contributed by atoms with van der Waals surface area (Å²) >= 11 is 0. The van der Waals surface area contributed by atoms with Gasteiger partial charge in [-0.1, -0.05) is 6.92 Å². The average molecular weight is 321 g/mol. The summed E-state index contributed by atoms with van der Waals surface area (Å²) in [6.45, 7) is 5.50. The van der Waals surface area contributed by atoms with Crippen molar-refractivity contribution in [3.8, 4) is 0 Å². The Morgan fingerprint density at radius 1 is 1.35 bits per heavy atom. The topological polar surface area (TPSA) is 66.8 Å². The smallest absolute Gasteiger partial charge is 0.302 e. The molecule has 4 fully saturated rings. The Balaban J connectivity index is 1.79. The fourth-order valence-electron chi connectivity index (χ4n) is 6.50. The third-order valence-corrected chi connectivity index (χ3v) is 7.02. The van der Waals surface area contributed by atoms with E-state index in [0.29, 0.717) is 12.2 Å². The van der Waals surface area contributed by atoms with E-state index in [9.17, 15) is 14.7 Å². The van der Waals surface area contributed by atoms with Crippen molar-refractivity contribution in [2.45, 2.75) is 63.7 Å². The van der Waals surface area contributed by atoms with E-state index < -0.39 is 0 Å². The van der Waals surface area contributed by atoms with Gasteiger partial charge in [0, 0.05) is 43.2 Å². The zero-order valence-electron chi connectivity index (χ0n) is 14.0. The van der Waals surface area contributed by atoms with Crippen LogP contribution in [0.25, 0.3) is 0 Å². The monoisotopic (exact) mass is 321 g/mol. The molecule has 2 unspecified atom stereocenters. The molecule has 5 heteroatoms. The van der Waals surface area contributed by atoms with Crippen molar-refractivity contribution in [1.29, 1.82) is 0 Å². The second-order valence-electron chi connectivity index (χ2n) is 8.14. The highest BCUT2D eigenvalue weighted by molar-refractivity contribution is 5.84. The molecule has 2 saturated heterocycles. The molecule has 2 aliphatic carbocycles. The van der Waals surface area contributed by atoms with Crippen LogP contribution in [0, 0.1) is 23.7 Å². The van der Waals surface area contributed by atoms with E-state index >= 15 is 0 Å². The van der Waals surface area contributed by atoms with Crippen molar-refractivity contribution in [2.24, 2.45) is 23.7 Å². The maximum Gasteiger partial charge on any atom is 0.302 e. The second kappa shape index (κ2) is 5.28. The number of nitrogens with zero attached hydrogens (tertiary/aromatic N) is 1. The molecule has 2 bridgehead atoms. The van der Waals surface area contributed by atoms with Gasteiger partial charge in [-0.2, -0.15) is 0 Å². The highest BCUT2D eigenvalue weighted by Gasteiger charge is 2.67. The summed E-state index contributed by atoms with van der Waals surface area (Å²) in [6.07, 6.45) is 3.51. The number of hydrogen-bond acceptors (Lipinski definition) is 5. The summed E-state index contributed by atoms with van der Waals surface area (Å²) < 4.78 is 5.63. The molecule has 7 atom stereocenters. The number of carbonyl (C=O) groups excluding carboxylic acids is 2. The molecule has 0 aromatic rings. The highest BCUT2D eigenvalue weighted by atomic mass is 16.5. The fourth-order valence-corrected chi connectivity index (χ4v) is 6.50. The van der Waals surface area contributed by atoms with Crippen LogP contribution >= 0.6 is 0 Å². The predicted octanol–water partition coefficient (Wildman–Crippen LogP) is 1.38. The molecular weight excluding hydrogens is 294 g/mol. The molecule has 5 nitrogen and oxygen atoms in total. The van der Waals surface area contributed by atoms with Gasteiger partial charge < -0.3 is 9.84 Å². The van der Waals surface area contributed by atoms with Crippen LogP contribution in [-0.2, 0) is 14.3 Å². The highest BCUT2D eigenvalue weighted by Crippen LogP contribution is 2.59. The Bertz CT molecular complexity index is 535. The quantitative estimate of drug-likeness (QED) is 0.739. The molecule has 0 aromatic heterocycles. The summed E-state index contributed by atoms with van der Waals surface area (Å²) in [5, 5.41) is 10.8. The third kappa shape index (κ3) is 2.05. The molecule has 2 saturated carbocycles. The van der Waals surface area contributed by atoms with Crippen LogP contribution in [0.5, 0.6) is 0 Å². The van der Waals surface area contributed by atoms with E-state index in [2.05, 4.69) is 11.8 Å². The number of ketones is 1. The number of carbonyl (C=O) groups is 2. The molecule has 0 amide bonds. The van der Waals surface area contributed by atoms with E-state index in [-0.39, 0.29) is 47.4 Å². The van der Waals surface area contributed by atoms with E-state index in [0.717, 1.165) is 38.8 Å². The first-order chi connectivity index (χ1) is 10.9. The summed E-state index contributed by atoms with van der Waals surface area (Å²) in [5.74, 6) is 0.393. The van der Waals surface area contributed by atoms with Crippen molar-refractivity contribution < 1.29 is 19.4 Å². The van der Waals surface area contributed by atoms with Gasteiger partial charge in [-0.05, 0) is 38.1 Å². The molecular formula is C18H27NO4. The minimum atomic E-state index is -0.379. The predicted molar refractivity (Wildman–Crippen MR) is 83.6 cm³/mol. The van der Waals surface area contributed by atoms with Gasteiger partial charge in [-0.25, -0.2) is 0 Å². The molecule has 2 aliphatic heterocycles. The van der Waals surface area contributed by atoms with Crippen molar-refractivity contribution in [3.63, 3.8) is 0 Å². The Morgan fingerprint density at radius 3 is 2.87 bits per heavy atom. The maximum absolute atomic E-state index is 12.9. The van der Waals surface area contributed by atoms with Gasteiger partial charge in [0.1, 0.15) is 11.9 Å². The maximum atomic E-state index is 12.9. The standard InChI is InChI=1S/C18H27NO4/c1-10-9-18-13-4-3-6-19(18)7-5-14(21)16(18)12(8-15(13)22)17(10)23-11(2)20/h10,12-14,16-17,21H,3-9H2,1-2H3/t10-,12-,13+,14?,16?,17+,18-/m0/s1. The van der Waals surface area contributed by atoms with Crippen LogP contribution < -0.4 is 0 Å². The molecule has 4 rings (SSSR count). The lowest BCUT2D eigenvalue weighted by atomic mass is 9.47. The number of rotatable bonds is 1. The number of aliphatic hydroxyl groups is 1. The second-order valence-corrected chi connectivity index (χ2v) is 8.14. The van der Waals surface area contributed by atoms with E-state index in [1.807, 2.05) is 0 Å². The average Bonchev–Trinajstić information content (AvgIpc) is 2.48. The molecule has 0 aromatic carbocycles. The van der Waals surface area contributed by atoms with Gasteiger partial charge >= 0.3 is 5.97 Å². The van der Waals surface area contributed by atoms with E-state index in [1.165, 1.54) is 6.92 Å². The number of hydrogen-bond donors (Lipinski definition) is 1. The Morgan fingerprint density at radius 2 is 2.13 bits per heavy atom. The van der Waals surface area contributed by atoms with Crippen LogP contribution in [0.4, 0.5) is 0 Å². The zero-order chi connectivity index (χ0) is 16.4. The molecule has 128 valence electrons. The minimum absolute atomic E-state index is 0.0256. The largest absolute Gasteiger partial charge is 0.462 e. The van der Waals surface area contributed by atoms with Crippen molar-refractivity contribution >= 4 is 11.8 Å². The van der Waals surface area contributed by atoms with Crippen LogP contribution in [0.2, 0.25) is 0 Å². The third-order valence-electron chi connectivity index (χ3n) is 7.02. The fraction of sp³-hybridized carbons (Fsp3) is 0.889. The molecule has 4 aliphatic rings. The number of piperidine rings is 2. The molecule has 1 spiro atoms. The normalized spacial score (nSPS) is 49.4. The van der Waals surface area contributed by atoms with Gasteiger partial charge in [0.05, 0.1) is 6.10 Å². The van der Waals surface area contributed by atoms with Crippen molar-refractivity contribution in [3.05, 3.63) is 0 Å². The molecule has 0 radical (unpaired) electrons. The first-order valence-electron chi connectivity index (χ1n) is 9.08. The number of Topliss-reactive ketones (excluding diaryl/α,β-unsaturated/α-hetero) is 1. The molecule has 2 heterocycles. The Hall–Kier alpha value is -0.940. The summed E-state index contributed by atoms with van der Waals surface area (Å²) in [5.41, 5.74) is -0.189. The van der Waals surface area contributed by atoms with Crippen molar-refractivity contribution in [1.82, 2.24) is 4.90 Å². The lowest BCUT2D eigenvalue weighted by Gasteiger charge is -2.67. The lowest BCUT2D eigenvalue weighted by molar-refractivity contribution is -0.225. The molecule has 1 N–H and O–H groups in total. The van der Waals surface area contributed by atoms with Crippen LogP contribution in [0.1, 0.15) is 46.0 Å². The van der Waals surface area contributed by atoms with Crippen LogP contribution in [0.3, 0.4) is 0 Å². The lowest BCUT2D eigenvalue weighted by Crippen LogP contribution is -2.76. The SMILES string of the molecule is CC(=O)O[C@@H]1[C@@H](C)C[C@]23C4C(O)CCN2CCC[C@@H]3C(=O)C[C@@H]41. The van der Waals surface area contributed by atoms with Gasteiger partial charge in [-0.3, -0.25) is 14.5 Å².